The van der Waals surface area contributed by atoms with Crippen molar-refractivity contribution < 1.29 is 13.2 Å². The van der Waals surface area contributed by atoms with Gasteiger partial charge in [-0.15, -0.1) is 0 Å². The lowest BCUT2D eigenvalue weighted by Gasteiger charge is -2.22. The van der Waals surface area contributed by atoms with Crippen LogP contribution < -0.4 is 5.32 Å². The van der Waals surface area contributed by atoms with Gasteiger partial charge in [-0.1, -0.05) is 39.7 Å². The smallest absolute Gasteiger partial charge is 0.245 e. The van der Waals surface area contributed by atoms with Gasteiger partial charge in [-0.05, 0) is 60.5 Å². The van der Waals surface area contributed by atoms with Crippen molar-refractivity contribution in [2.45, 2.75) is 18.4 Å². The van der Waals surface area contributed by atoms with Crippen LogP contribution in [0.5, 0.6) is 0 Å². The van der Waals surface area contributed by atoms with Gasteiger partial charge in [0.2, 0.25) is 15.9 Å². The molecule has 3 rings (SSSR count). The van der Waals surface area contributed by atoms with Crippen molar-refractivity contribution in [1.82, 2.24) is 9.29 Å². The molecule has 9 heteroatoms. The van der Waals surface area contributed by atoms with E-state index in [4.69, 9.17) is 11.6 Å². The van der Waals surface area contributed by atoms with Crippen LogP contribution >= 0.6 is 27.5 Å². The molecule has 3 aromatic rings. The minimum Gasteiger partial charge on any atom is -0.325 e. The summed E-state index contributed by atoms with van der Waals surface area (Å²) in [6.07, 6.45) is 2.76. The first kappa shape index (κ1) is 22.4. The van der Waals surface area contributed by atoms with Crippen molar-refractivity contribution in [3.63, 3.8) is 0 Å². The first-order valence-corrected chi connectivity index (χ1v) is 11.6. The molecule has 0 aliphatic heterocycles. The molecule has 1 N–H and O–H groups in total. The highest BCUT2D eigenvalue weighted by Crippen LogP contribution is 2.22. The number of anilines is 1. The predicted molar refractivity (Wildman–Crippen MR) is 121 cm³/mol. The van der Waals surface area contributed by atoms with Crippen LogP contribution in [-0.2, 0) is 21.4 Å². The van der Waals surface area contributed by atoms with Crippen molar-refractivity contribution in [2.24, 2.45) is 0 Å². The standard InChI is InChI=1S/C21H19BrClN3O3S/c1-15-11-17(22)6-9-20(15)25-21(27)14-26(13-16-4-7-18(23)8-5-16)30(28,29)19-3-2-10-24-12-19/h2-12H,13-14H2,1H3,(H,25,27). The third kappa shape index (κ3) is 5.66. The van der Waals surface area contributed by atoms with Crippen LogP contribution in [0.15, 0.2) is 76.4 Å². The predicted octanol–water partition coefficient (Wildman–Crippen LogP) is 4.64. The Bertz CT molecular complexity index is 1140. The molecule has 156 valence electrons. The third-order valence-electron chi connectivity index (χ3n) is 4.33. The first-order valence-electron chi connectivity index (χ1n) is 8.96. The average molecular weight is 509 g/mol. The van der Waals surface area contributed by atoms with E-state index < -0.39 is 15.9 Å². The van der Waals surface area contributed by atoms with Crippen molar-refractivity contribution in [3.8, 4) is 0 Å². The van der Waals surface area contributed by atoms with Crippen LogP contribution in [0.1, 0.15) is 11.1 Å². The van der Waals surface area contributed by atoms with Crippen LogP contribution in [0.3, 0.4) is 0 Å². The van der Waals surface area contributed by atoms with E-state index >= 15 is 0 Å². The first-order chi connectivity index (χ1) is 14.3. The Morgan fingerprint density at radius 2 is 1.90 bits per heavy atom. The van der Waals surface area contributed by atoms with Gasteiger partial charge >= 0.3 is 0 Å². The van der Waals surface area contributed by atoms with E-state index in [0.717, 1.165) is 14.3 Å². The molecule has 1 heterocycles. The molecule has 30 heavy (non-hydrogen) atoms. The second-order valence-corrected chi connectivity index (χ2v) is 9.89. The zero-order valence-electron chi connectivity index (χ0n) is 16.0. The summed E-state index contributed by atoms with van der Waals surface area (Å²) in [6, 6.07) is 15.2. The Balaban J connectivity index is 1.86. The van der Waals surface area contributed by atoms with Crippen molar-refractivity contribution >= 4 is 49.1 Å². The number of benzene rings is 2. The van der Waals surface area contributed by atoms with Crippen molar-refractivity contribution in [3.05, 3.63) is 87.6 Å². The van der Waals surface area contributed by atoms with E-state index in [1.54, 1.807) is 42.5 Å². The van der Waals surface area contributed by atoms with Gasteiger partial charge in [0.25, 0.3) is 0 Å². The summed E-state index contributed by atoms with van der Waals surface area (Å²) >= 11 is 9.31. The molecule has 0 aliphatic rings. The highest BCUT2D eigenvalue weighted by molar-refractivity contribution is 9.10. The normalized spacial score (nSPS) is 11.5. The fourth-order valence-corrected chi connectivity index (χ4v) is 4.74. The van der Waals surface area contributed by atoms with Gasteiger partial charge < -0.3 is 5.32 Å². The zero-order valence-corrected chi connectivity index (χ0v) is 19.2. The van der Waals surface area contributed by atoms with Gasteiger partial charge in [0.1, 0.15) is 4.90 Å². The fourth-order valence-electron chi connectivity index (χ4n) is 2.79. The summed E-state index contributed by atoms with van der Waals surface area (Å²) in [5.74, 6) is -0.443. The summed E-state index contributed by atoms with van der Waals surface area (Å²) in [5, 5.41) is 3.33. The van der Waals surface area contributed by atoms with E-state index in [1.807, 2.05) is 13.0 Å². The number of hydrogen-bond acceptors (Lipinski definition) is 4. The molecule has 0 unspecified atom stereocenters. The SMILES string of the molecule is Cc1cc(Br)ccc1NC(=O)CN(Cc1ccc(Cl)cc1)S(=O)(=O)c1cccnc1. The lowest BCUT2D eigenvalue weighted by atomic mass is 10.2. The van der Waals surface area contributed by atoms with E-state index in [0.29, 0.717) is 16.3 Å². The second-order valence-electron chi connectivity index (χ2n) is 6.60. The molecule has 6 nitrogen and oxygen atoms in total. The number of nitrogens with one attached hydrogen (secondary N) is 1. The summed E-state index contributed by atoms with van der Waals surface area (Å²) in [5.41, 5.74) is 2.19. The number of amides is 1. The number of rotatable bonds is 7. The maximum absolute atomic E-state index is 13.2. The summed E-state index contributed by atoms with van der Waals surface area (Å²) in [6.45, 7) is 1.52. The van der Waals surface area contributed by atoms with Crippen LogP contribution in [0.25, 0.3) is 0 Å². The minimum absolute atomic E-state index is 0.0150. The molecular weight excluding hydrogens is 490 g/mol. The Labute approximate surface area is 189 Å². The summed E-state index contributed by atoms with van der Waals surface area (Å²) in [7, 11) is -3.94. The van der Waals surface area contributed by atoms with E-state index in [1.165, 1.54) is 18.5 Å². The molecule has 0 aliphatic carbocycles. The molecule has 0 bridgehead atoms. The maximum Gasteiger partial charge on any atom is 0.245 e. The van der Waals surface area contributed by atoms with Crippen LogP contribution in [0, 0.1) is 6.92 Å². The molecule has 0 spiro atoms. The van der Waals surface area contributed by atoms with Crippen molar-refractivity contribution in [1.29, 1.82) is 0 Å². The quantitative estimate of drug-likeness (QED) is 0.504. The van der Waals surface area contributed by atoms with Crippen LogP contribution in [0.4, 0.5) is 5.69 Å². The molecular formula is C21H19BrClN3O3S. The number of aromatic nitrogens is 1. The molecule has 0 atom stereocenters. The number of aryl methyl sites for hydroxylation is 1. The average Bonchev–Trinajstić information content (AvgIpc) is 2.72. The number of pyridine rings is 1. The van der Waals surface area contributed by atoms with Crippen LogP contribution in [-0.4, -0.2) is 30.2 Å². The van der Waals surface area contributed by atoms with E-state index in [2.05, 4.69) is 26.2 Å². The highest BCUT2D eigenvalue weighted by atomic mass is 79.9. The molecule has 1 aromatic heterocycles. The Morgan fingerprint density at radius 3 is 2.53 bits per heavy atom. The van der Waals surface area contributed by atoms with Crippen LogP contribution in [0.2, 0.25) is 5.02 Å². The summed E-state index contributed by atoms with van der Waals surface area (Å²) in [4.78, 5) is 16.6. The van der Waals surface area contributed by atoms with Crippen molar-refractivity contribution in [2.75, 3.05) is 11.9 Å². The number of carbonyl (C=O) groups excluding carboxylic acids is 1. The molecule has 0 radical (unpaired) electrons. The van der Waals surface area contributed by atoms with Gasteiger partial charge in [-0.3, -0.25) is 9.78 Å². The van der Waals surface area contributed by atoms with Gasteiger partial charge in [0.05, 0.1) is 6.54 Å². The molecule has 0 saturated carbocycles. The molecule has 0 saturated heterocycles. The van der Waals surface area contributed by atoms with Gasteiger partial charge in [0, 0.05) is 34.1 Å². The zero-order chi connectivity index (χ0) is 21.7. The Hall–Kier alpha value is -2.26. The maximum atomic E-state index is 13.2. The number of nitrogens with zero attached hydrogens (tertiary/aromatic N) is 2. The number of sulfonamides is 1. The van der Waals surface area contributed by atoms with Gasteiger partial charge in [0.15, 0.2) is 0 Å². The lowest BCUT2D eigenvalue weighted by Crippen LogP contribution is -2.37. The van der Waals surface area contributed by atoms with Gasteiger partial charge in [-0.25, -0.2) is 8.42 Å². The second kappa shape index (κ2) is 9.70. The number of halogens is 2. The monoisotopic (exact) mass is 507 g/mol. The third-order valence-corrected chi connectivity index (χ3v) is 6.85. The molecule has 2 aromatic carbocycles. The molecule has 0 fully saturated rings. The minimum atomic E-state index is -3.94. The Morgan fingerprint density at radius 1 is 1.17 bits per heavy atom. The van der Waals surface area contributed by atoms with E-state index in [-0.39, 0.29) is 18.0 Å². The number of hydrogen-bond donors (Lipinski definition) is 1. The lowest BCUT2D eigenvalue weighted by molar-refractivity contribution is -0.116. The summed E-state index contributed by atoms with van der Waals surface area (Å²) < 4.78 is 28.4. The Kier molecular flexibility index (Phi) is 7.25. The molecule has 1 amide bonds. The number of carbonyl (C=O) groups is 1. The topological polar surface area (TPSA) is 79.4 Å². The fraction of sp³-hybridized carbons (Fsp3) is 0.143. The highest BCUT2D eigenvalue weighted by Gasteiger charge is 2.27. The van der Waals surface area contributed by atoms with Gasteiger partial charge in [-0.2, -0.15) is 4.31 Å². The van der Waals surface area contributed by atoms with E-state index in [9.17, 15) is 13.2 Å². The largest absolute Gasteiger partial charge is 0.325 e.